The van der Waals surface area contributed by atoms with Crippen LogP contribution in [0.3, 0.4) is 0 Å². The summed E-state index contributed by atoms with van der Waals surface area (Å²) in [5.74, 6) is -2.49. The number of carbonyl (C=O) groups is 3. The third-order valence-corrected chi connectivity index (χ3v) is 3.87. The van der Waals surface area contributed by atoms with Crippen molar-refractivity contribution < 1.29 is 24.2 Å². The number of benzene rings is 1. The van der Waals surface area contributed by atoms with Crippen molar-refractivity contribution >= 4 is 29.2 Å². The Morgan fingerprint density at radius 2 is 1.79 bits per heavy atom. The molecule has 0 saturated heterocycles. The van der Waals surface area contributed by atoms with Crippen LogP contribution in [0.25, 0.3) is 0 Å². The highest BCUT2D eigenvalue weighted by Gasteiger charge is 2.34. The molecule has 0 spiro atoms. The number of rotatable bonds is 5. The smallest absolute Gasteiger partial charge is 0.307 e. The molecule has 0 aliphatic heterocycles. The number of ether oxygens (including phenoxy) is 1. The van der Waals surface area contributed by atoms with Crippen LogP contribution in [0.1, 0.15) is 19.8 Å². The zero-order valence-corrected chi connectivity index (χ0v) is 13.5. The Bertz CT molecular complexity index is 684. The minimum atomic E-state index is -0.974. The zero-order valence-electron chi connectivity index (χ0n) is 13.5. The fourth-order valence-electron chi connectivity index (χ4n) is 2.67. The highest BCUT2D eigenvalue weighted by molar-refractivity contribution is 5.96. The van der Waals surface area contributed by atoms with Crippen molar-refractivity contribution in [3.63, 3.8) is 0 Å². The summed E-state index contributed by atoms with van der Waals surface area (Å²) in [6.45, 7) is 1.39. The van der Waals surface area contributed by atoms with E-state index in [0.29, 0.717) is 30.0 Å². The Balaban J connectivity index is 2.15. The van der Waals surface area contributed by atoms with Gasteiger partial charge in [-0.1, -0.05) is 12.2 Å². The molecule has 0 heterocycles. The molecule has 2 rings (SSSR count). The molecule has 2 atom stereocenters. The molecule has 0 aromatic heterocycles. The predicted molar refractivity (Wildman–Crippen MR) is 88.9 cm³/mol. The van der Waals surface area contributed by atoms with E-state index in [4.69, 9.17) is 4.74 Å². The van der Waals surface area contributed by atoms with Crippen LogP contribution in [-0.2, 0) is 14.4 Å². The number of nitrogens with one attached hydrogen (secondary N) is 2. The summed E-state index contributed by atoms with van der Waals surface area (Å²) in [5.41, 5.74) is 0.969. The second-order valence-corrected chi connectivity index (χ2v) is 5.58. The van der Waals surface area contributed by atoms with Crippen molar-refractivity contribution in [1.29, 1.82) is 0 Å². The number of allylic oxidation sites excluding steroid dienone is 2. The van der Waals surface area contributed by atoms with Gasteiger partial charge in [0, 0.05) is 18.7 Å². The minimum absolute atomic E-state index is 0.233. The van der Waals surface area contributed by atoms with E-state index < -0.39 is 17.8 Å². The zero-order chi connectivity index (χ0) is 17.7. The lowest BCUT2D eigenvalue weighted by molar-refractivity contribution is -0.146. The number of carboxylic acid groups (broad SMARTS) is 1. The maximum absolute atomic E-state index is 12.4. The summed E-state index contributed by atoms with van der Waals surface area (Å²) < 4.78 is 5.20. The Hall–Kier alpha value is -2.83. The predicted octanol–water partition coefficient (Wildman–Crippen LogP) is 2.26. The Morgan fingerprint density at radius 1 is 1.12 bits per heavy atom. The molecule has 7 nitrogen and oxygen atoms in total. The molecule has 7 heteroatoms. The maximum atomic E-state index is 12.4. The topological polar surface area (TPSA) is 105 Å². The van der Waals surface area contributed by atoms with Gasteiger partial charge < -0.3 is 20.5 Å². The molecule has 128 valence electrons. The van der Waals surface area contributed by atoms with Crippen LogP contribution < -0.4 is 15.4 Å². The number of carbonyl (C=O) groups excluding carboxylic acids is 2. The molecule has 1 aliphatic carbocycles. The highest BCUT2D eigenvalue weighted by atomic mass is 16.5. The van der Waals surface area contributed by atoms with E-state index >= 15 is 0 Å². The fourth-order valence-corrected chi connectivity index (χ4v) is 2.67. The summed E-state index contributed by atoms with van der Waals surface area (Å²) in [5, 5.41) is 14.6. The van der Waals surface area contributed by atoms with Crippen LogP contribution in [0, 0.1) is 11.8 Å². The van der Waals surface area contributed by atoms with Gasteiger partial charge in [-0.2, -0.15) is 0 Å². The lowest BCUT2D eigenvalue weighted by atomic mass is 9.82. The Labute approximate surface area is 139 Å². The van der Waals surface area contributed by atoms with Crippen LogP contribution in [0.4, 0.5) is 11.4 Å². The van der Waals surface area contributed by atoms with Crippen LogP contribution >= 0.6 is 0 Å². The number of amides is 2. The molecule has 3 N–H and O–H groups in total. The molecule has 1 aromatic carbocycles. The molecular weight excluding hydrogens is 312 g/mol. The van der Waals surface area contributed by atoms with Crippen LogP contribution in [-0.4, -0.2) is 30.0 Å². The number of hydrogen-bond donors (Lipinski definition) is 3. The Kier molecular flexibility index (Phi) is 5.57. The molecule has 24 heavy (non-hydrogen) atoms. The van der Waals surface area contributed by atoms with Gasteiger partial charge in [0.1, 0.15) is 5.75 Å². The molecule has 0 saturated carbocycles. The molecular formula is C17H20N2O5. The van der Waals surface area contributed by atoms with Crippen molar-refractivity contribution in [3.8, 4) is 5.75 Å². The molecule has 0 unspecified atom stereocenters. The number of hydrogen-bond acceptors (Lipinski definition) is 4. The van der Waals surface area contributed by atoms with Gasteiger partial charge in [0.2, 0.25) is 11.8 Å². The van der Waals surface area contributed by atoms with Gasteiger partial charge in [-0.25, -0.2) is 0 Å². The first-order valence-corrected chi connectivity index (χ1v) is 7.56. The number of carboxylic acids is 1. The van der Waals surface area contributed by atoms with Crippen LogP contribution in [0.15, 0.2) is 30.4 Å². The normalized spacial score (nSPS) is 19.4. The van der Waals surface area contributed by atoms with E-state index in [0.717, 1.165) is 0 Å². The van der Waals surface area contributed by atoms with Gasteiger partial charge in [-0.15, -0.1) is 0 Å². The van der Waals surface area contributed by atoms with E-state index in [1.165, 1.54) is 14.0 Å². The lowest BCUT2D eigenvalue weighted by Crippen LogP contribution is -2.34. The van der Waals surface area contributed by atoms with Gasteiger partial charge in [-0.3, -0.25) is 14.4 Å². The van der Waals surface area contributed by atoms with Gasteiger partial charge in [0.15, 0.2) is 0 Å². The average molecular weight is 332 g/mol. The van der Waals surface area contributed by atoms with Gasteiger partial charge in [-0.05, 0) is 25.0 Å². The highest BCUT2D eigenvalue weighted by Crippen LogP contribution is 2.30. The first-order valence-electron chi connectivity index (χ1n) is 7.56. The second kappa shape index (κ2) is 7.63. The SMILES string of the molecule is COc1cc(NC(=O)[C@@H]2CC=CC[C@H]2C(=O)O)ccc1NC(C)=O. The fraction of sp³-hybridized carbons (Fsp3) is 0.353. The number of anilines is 2. The molecule has 0 fully saturated rings. The van der Waals surface area contributed by atoms with Crippen molar-refractivity contribution in [3.05, 3.63) is 30.4 Å². The van der Waals surface area contributed by atoms with E-state index in [1.54, 1.807) is 24.3 Å². The summed E-state index contributed by atoms with van der Waals surface area (Å²) in [4.78, 5) is 34.9. The first-order chi connectivity index (χ1) is 11.4. The summed E-state index contributed by atoms with van der Waals surface area (Å²) in [6.07, 6.45) is 4.35. The van der Waals surface area contributed by atoms with E-state index in [1.807, 2.05) is 6.08 Å². The van der Waals surface area contributed by atoms with E-state index in [2.05, 4.69) is 10.6 Å². The van der Waals surface area contributed by atoms with Crippen LogP contribution in [0.2, 0.25) is 0 Å². The summed E-state index contributed by atoms with van der Waals surface area (Å²) in [7, 11) is 1.46. The van der Waals surface area contributed by atoms with E-state index in [9.17, 15) is 19.5 Å². The molecule has 0 radical (unpaired) electrons. The van der Waals surface area contributed by atoms with Crippen LogP contribution in [0.5, 0.6) is 5.75 Å². The Morgan fingerprint density at radius 3 is 2.38 bits per heavy atom. The van der Waals surface area contributed by atoms with Crippen molar-refractivity contribution in [2.75, 3.05) is 17.7 Å². The minimum Gasteiger partial charge on any atom is -0.494 e. The molecule has 0 bridgehead atoms. The third-order valence-electron chi connectivity index (χ3n) is 3.87. The molecule has 2 amide bonds. The van der Waals surface area contributed by atoms with E-state index in [-0.39, 0.29) is 11.8 Å². The second-order valence-electron chi connectivity index (χ2n) is 5.58. The third kappa shape index (κ3) is 4.13. The first kappa shape index (κ1) is 17.5. The number of aliphatic carboxylic acids is 1. The summed E-state index contributed by atoms with van der Waals surface area (Å²) >= 11 is 0. The van der Waals surface area contributed by atoms with Gasteiger partial charge in [0.25, 0.3) is 0 Å². The summed E-state index contributed by atoms with van der Waals surface area (Å²) in [6, 6.07) is 4.82. The maximum Gasteiger partial charge on any atom is 0.307 e. The van der Waals surface area contributed by atoms with Gasteiger partial charge in [0.05, 0.1) is 24.6 Å². The standard InChI is InChI=1S/C17H20N2O5/c1-10(20)18-14-8-7-11(9-15(14)24-2)19-16(21)12-5-3-4-6-13(12)17(22)23/h3-4,7-9,12-13H,5-6H2,1-2H3,(H,18,20)(H,19,21)(H,22,23)/t12-,13-/m1/s1. The van der Waals surface area contributed by atoms with Crippen molar-refractivity contribution in [1.82, 2.24) is 0 Å². The van der Waals surface area contributed by atoms with Gasteiger partial charge >= 0.3 is 5.97 Å². The molecule has 1 aromatic rings. The monoisotopic (exact) mass is 332 g/mol. The quantitative estimate of drug-likeness (QED) is 0.717. The number of methoxy groups -OCH3 is 1. The average Bonchev–Trinajstić information content (AvgIpc) is 2.55. The van der Waals surface area contributed by atoms with Crippen molar-refractivity contribution in [2.45, 2.75) is 19.8 Å². The lowest BCUT2D eigenvalue weighted by Gasteiger charge is -2.24. The largest absolute Gasteiger partial charge is 0.494 e. The molecule has 1 aliphatic rings. The van der Waals surface area contributed by atoms with Crippen molar-refractivity contribution in [2.24, 2.45) is 11.8 Å².